The maximum absolute atomic E-state index is 12.4. The molecule has 2 aromatic rings. The lowest BCUT2D eigenvalue weighted by atomic mass is 10.2. The number of methoxy groups -OCH3 is 1. The molecule has 2 aromatic heterocycles. The topological polar surface area (TPSA) is 79.4 Å². The summed E-state index contributed by atoms with van der Waals surface area (Å²) in [5, 5.41) is 7.20. The number of rotatable bonds is 9. The van der Waals surface area contributed by atoms with Crippen LogP contribution in [0.3, 0.4) is 0 Å². The van der Waals surface area contributed by atoms with Crippen LogP contribution in [0.2, 0.25) is 0 Å². The molecule has 2 heterocycles. The highest BCUT2D eigenvalue weighted by Gasteiger charge is 2.18. The third kappa shape index (κ3) is 4.62. The molecule has 0 bridgehead atoms. The molecule has 24 heavy (non-hydrogen) atoms. The standard InChI is InChI=1S/C16H25N5O2S/c1-11-12-14(17-7-8-21(2)3)19-10-20-16(12)24-13(11)15(22)18-6-5-9-23-4/h10H,5-9H2,1-4H3,(H,18,22)(H,17,19,20). The smallest absolute Gasteiger partial charge is 0.261 e. The molecular weight excluding hydrogens is 326 g/mol. The van der Waals surface area contributed by atoms with Gasteiger partial charge in [0.1, 0.15) is 17.0 Å². The first-order chi connectivity index (χ1) is 11.5. The van der Waals surface area contributed by atoms with E-state index in [1.807, 2.05) is 21.0 Å². The van der Waals surface area contributed by atoms with Crippen LogP contribution in [0.5, 0.6) is 0 Å². The summed E-state index contributed by atoms with van der Waals surface area (Å²) in [6.45, 7) is 4.87. The van der Waals surface area contributed by atoms with Crippen molar-refractivity contribution in [3.8, 4) is 0 Å². The number of nitrogens with one attached hydrogen (secondary N) is 2. The Bertz CT molecular complexity index is 686. The average molecular weight is 351 g/mol. The van der Waals surface area contributed by atoms with Crippen LogP contribution in [0, 0.1) is 6.92 Å². The van der Waals surface area contributed by atoms with Gasteiger partial charge in [-0.3, -0.25) is 4.79 Å². The first-order valence-electron chi connectivity index (χ1n) is 7.94. The Balaban J connectivity index is 2.15. The number of carbonyl (C=O) groups is 1. The molecule has 7 nitrogen and oxygen atoms in total. The van der Waals surface area contributed by atoms with E-state index < -0.39 is 0 Å². The molecule has 0 atom stereocenters. The maximum Gasteiger partial charge on any atom is 0.261 e. The molecule has 0 aliphatic carbocycles. The van der Waals surface area contributed by atoms with Gasteiger partial charge >= 0.3 is 0 Å². The van der Waals surface area contributed by atoms with E-state index in [9.17, 15) is 4.79 Å². The number of ether oxygens (including phenoxy) is 1. The third-order valence-electron chi connectivity index (χ3n) is 3.60. The number of fused-ring (bicyclic) bond motifs is 1. The van der Waals surface area contributed by atoms with E-state index in [1.165, 1.54) is 17.7 Å². The fourth-order valence-electron chi connectivity index (χ4n) is 2.32. The molecule has 1 amide bonds. The molecule has 0 aliphatic heterocycles. The lowest BCUT2D eigenvalue weighted by Gasteiger charge is -2.11. The van der Waals surface area contributed by atoms with Crippen LogP contribution >= 0.6 is 11.3 Å². The number of hydrogen-bond donors (Lipinski definition) is 2. The van der Waals surface area contributed by atoms with E-state index in [0.717, 1.165) is 41.1 Å². The highest BCUT2D eigenvalue weighted by atomic mass is 32.1. The minimum atomic E-state index is -0.0640. The summed E-state index contributed by atoms with van der Waals surface area (Å²) in [5.74, 6) is 0.722. The van der Waals surface area contributed by atoms with Gasteiger partial charge in [-0.1, -0.05) is 0 Å². The van der Waals surface area contributed by atoms with E-state index in [-0.39, 0.29) is 5.91 Å². The minimum Gasteiger partial charge on any atom is -0.385 e. The van der Waals surface area contributed by atoms with Crippen molar-refractivity contribution >= 4 is 33.3 Å². The summed E-state index contributed by atoms with van der Waals surface area (Å²) < 4.78 is 4.99. The fourth-order valence-corrected chi connectivity index (χ4v) is 3.38. The SMILES string of the molecule is COCCCNC(=O)c1sc2ncnc(NCCN(C)C)c2c1C. The normalized spacial score (nSPS) is 11.2. The van der Waals surface area contributed by atoms with E-state index in [2.05, 4.69) is 25.5 Å². The number of nitrogens with zero attached hydrogens (tertiary/aromatic N) is 3. The molecule has 132 valence electrons. The molecule has 2 N–H and O–H groups in total. The van der Waals surface area contributed by atoms with Crippen molar-refractivity contribution < 1.29 is 9.53 Å². The Morgan fingerprint density at radius 3 is 2.83 bits per heavy atom. The minimum absolute atomic E-state index is 0.0640. The zero-order valence-electron chi connectivity index (χ0n) is 14.7. The summed E-state index contributed by atoms with van der Waals surface area (Å²) in [6.07, 6.45) is 2.33. The Hall–Kier alpha value is -1.77. The van der Waals surface area contributed by atoms with Gasteiger partial charge in [0.2, 0.25) is 0 Å². The van der Waals surface area contributed by atoms with E-state index in [4.69, 9.17) is 4.74 Å². The first kappa shape index (κ1) is 18.6. The summed E-state index contributed by atoms with van der Waals surface area (Å²) >= 11 is 1.40. The third-order valence-corrected chi connectivity index (χ3v) is 4.79. The van der Waals surface area contributed by atoms with Crippen molar-refractivity contribution in [2.75, 3.05) is 52.8 Å². The molecule has 8 heteroatoms. The average Bonchev–Trinajstić information content (AvgIpc) is 2.89. The van der Waals surface area contributed by atoms with Gasteiger partial charge in [0, 0.05) is 33.4 Å². The van der Waals surface area contributed by atoms with Gasteiger partial charge in [-0.25, -0.2) is 9.97 Å². The maximum atomic E-state index is 12.4. The zero-order valence-corrected chi connectivity index (χ0v) is 15.5. The molecule has 0 aromatic carbocycles. The number of amides is 1. The van der Waals surface area contributed by atoms with E-state index in [1.54, 1.807) is 7.11 Å². The Kier molecular flexibility index (Phi) is 6.89. The first-order valence-corrected chi connectivity index (χ1v) is 8.76. The van der Waals surface area contributed by atoms with E-state index in [0.29, 0.717) is 18.0 Å². The van der Waals surface area contributed by atoms with Gasteiger partial charge in [-0.2, -0.15) is 0 Å². The molecule has 0 saturated carbocycles. The predicted octanol–water partition coefficient (Wildman–Crippen LogP) is 1.74. The van der Waals surface area contributed by atoms with Crippen molar-refractivity contribution in [2.24, 2.45) is 0 Å². The zero-order chi connectivity index (χ0) is 17.5. The summed E-state index contributed by atoms with van der Waals surface area (Å²) in [7, 11) is 5.71. The van der Waals surface area contributed by atoms with Crippen molar-refractivity contribution in [2.45, 2.75) is 13.3 Å². The van der Waals surface area contributed by atoms with Crippen LogP contribution in [-0.4, -0.2) is 68.2 Å². The number of hydrogen-bond acceptors (Lipinski definition) is 7. The molecule has 0 spiro atoms. The number of carbonyl (C=O) groups excluding carboxylic acids is 1. The lowest BCUT2D eigenvalue weighted by molar-refractivity contribution is 0.0952. The lowest BCUT2D eigenvalue weighted by Crippen LogP contribution is -2.25. The number of thiophene rings is 1. The molecule has 2 rings (SSSR count). The highest BCUT2D eigenvalue weighted by Crippen LogP contribution is 2.33. The Labute approximate surface area is 146 Å². The van der Waals surface area contributed by atoms with Gasteiger partial charge < -0.3 is 20.3 Å². The second-order valence-corrected chi connectivity index (χ2v) is 6.79. The molecule has 0 radical (unpaired) electrons. The number of anilines is 1. The molecule has 0 saturated heterocycles. The van der Waals surface area contributed by atoms with Crippen LogP contribution in [0.25, 0.3) is 10.2 Å². The van der Waals surface area contributed by atoms with Crippen LogP contribution in [-0.2, 0) is 4.74 Å². The number of aromatic nitrogens is 2. The molecular formula is C16H25N5O2S. The van der Waals surface area contributed by atoms with Crippen molar-refractivity contribution in [1.82, 2.24) is 20.2 Å². The van der Waals surface area contributed by atoms with Gasteiger partial charge in [0.05, 0.1) is 10.3 Å². The fraction of sp³-hybridized carbons (Fsp3) is 0.562. The van der Waals surface area contributed by atoms with Crippen molar-refractivity contribution in [3.63, 3.8) is 0 Å². The van der Waals surface area contributed by atoms with Crippen LogP contribution < -0.4 is 10.6 Å². The van der Waals surface area contributed by atoms with Crippen LogP contribution in [0.4, 0.5) is 5.82 Å². The van der Waals surface area contributed by atoms with Gasteiger partial charge in [0.15, 0.2) is 0 Å². The largest absolute Gasteiger partial charge is 0.385 e. The van der Waals surface area contributed by atoms with Gasteiger partial charge in [-0.05, 0) is 33.0 Å². The molecule has 0 unspecified atom stereocenters. The van der Waals surface area contributed by atoms with Crippen molar-refractivity contribution in [3.05, 3.63) is 16.8 Å². The monoisotopic (exact) mass is 351 g/mol. The molecule has 0 aliphatic rings. The van der Waals surface area contributed by atoms with Crippen LogP contribution in [0.15, 0.2) is 6.33 Å². The van der Waals surface area contributed by atoms with Crippen molar-refractivity contribution in [1.29, 1.82) is 0 Å². The number of aryl methyl sites for hydroxylation is 1. The van der Waals surface area contributed by atoms with Crippen LogP contribution in [0.1, 0.15) is 21.7 Å². The summed E-state index contributed by atoms with van der Waals surface area (Å²) in [4.78, 5) is 24.7. The summed E-state index contributed by atoms with van der Waals surface area (Å²) in [6, 6.07) is 0. The molecule has 0 fully saturated rings. The highest BCUT2D eigenvalue weighted by molar-refractivity contribution is 7.20. The quantitative estimate of drug-likeness (QED) is 0.670. The van der Waals surface area contributed by atoms with Gasteiger partial charge in [0.25, 0.3) is 5.91 Å². The summed E-state index contributed by atoms with van der Waals surface area (Å²) in [5.41, 5.74) is 0.923. The second-order valence-electron chi connectivity index (χ2n) is 5.79. The Morgan fingerprint density at radius 2 is 2.12 bits per heavy atom. The van der Waals surface area contributed by atoms with Gasteiger partial charge in [-0.15, -0.1) is 11.3 Å². The number of likely N-dealkylation sites (N-methyl/N-ethyl adjacent to an activating group) is 1. The predicted molar refractivity (Wildman–Crippen MR) is 98.0 cm³/mol. The van der Waals surface area contributed by atoms with E-state index >= 15 is 0 Å². The second kappa shape index (κ2) is 8.91. The Morgan fingerprint density at radius 1 is 1.33 bits per heavy atom.